The standard InChI is InChI=1S/C17H17N7O5S2/c25-17-11-23(8-7-18-17)31(28,29)16-6-1-3-13(9-16)20-30(26,27)15-5-2-4-14(10-15)24-12-19-21-22-24/h1-6,9-10,12,20H,7-8,11H2,(H,18,25). The van der Waals surface area contributed by atoms with Crippen molar-refractivity contribution < 1.29 is 21.6 Å². The Kier molecular flexibility index (Phi) is 5.43. The third-order valence-corrected chi connectivity index (χ3v) is 7.69. The molecule has 12 nitrogen and oxygen atoms in total. The van der Waals surface area contributed by atoms with Crippen molar-refractivity contribution in [1.82, 2.24) is 29.8 Å². The number of benzene rings is 2. The van der Waals surface area contributed by atoms with E-state index in [2.05, 4.69) is 25.6 Å². The molecule has 1 aromatic heterocycles. The molecule has 0 spiro atoms. The van der Waals surface area contributed by atoms with Gasteiger partial charge in [-0.25, -0.2) is 21.5 Å². The number of rotatable bonds is 6. The van der Waals surface area contributed by atoms with Gasteiger partial charge >= 0.3 is 0 Å². The highest BCUT2D eigenvalue weighted by molar-refractivity contribution is 7.92. The van der Waals surface area contributed by atoms with Gasteiger partial charge in [-0.15, -0.1) is 5.10 Å². The van der Waals surface area contributed by atoms with Crippen LogP contribution in [0.15, 0.2) is 64.6 Å². The Morgan fingerprint density at radius 2 is 1.77 bits per heavy atom. The van der Waals surface area contributed by atoms with Crippen LogP contribution in [0, 0.1) is 0 Å². The number of anilines is 1. The lowest BCUT2D eigenvalue weighted by Gasteiger charge is -2.26. The highest BCUT2D eigenvalue weighted by Gasteiger charge is 2.29. The predicted molar refractivity (Wildman–Crippen MR) is 108 cm³/mol. The van der Waals surface area contributed by atoms with Crippen molar-refractivity contribution in [2.75, 3.05) is 24.4 Å². The number of carbonyl (C=O) groups is 1. The average molecular weight is 464 g/mol. The van der Waals surface area contributed by atoms with Gasteiger partial charge in [-0.3, -0.25) is 9.52 Å². The third-order valence-electron chi connectivity index (χ3n) is 4.47. The first-order chi connectivity index (χ1) is 14.8. The first kappa shape index (κ1) is 20.9. The van der Waals surface area contributed by atoms with Crippen molar-refractivity contribution in [1.29, 1.82) is 0 Å². The number of nitrogens with zero attached hydrogens (tertiary/aromatic N) is 5. The van der Waals surface area contributed by atoms with Crippen LogP contribution >= 0.6 is 0 Å². The Labute approximate surface area is 178 Å². The van der Waals surface area contributed by atoms with E-state index in [-0.39, 0.29) is 35.1 Å². The Balaban J connectivity index is 1.60. The molecule has 1 saturated heterocycles. The van der Waals surface area contributed by atoms with Crippen LogP contribution in [0.1, 0.15) is 0 Å². The van der Waals surface area contributed by atoms with Crippen LogP contribution < -0.4 is 10.0 Å². The van der Waals surface area contributed by atoms with Crippen LogP contribution in [0.2, 0.25) is 0 Å². The smallest absolute Gasteiger partial charge is 0.261 e. The van der Waals surface area contributed by atoms with E-state index < -0.39 is 26.0 Å². The molecule has 0 aliphatic carbocycles. The van der Waals surface area contributed by atoms with Gasteiger partial charge in [0.2, 0.25) is 15.9 Å². The normalized spacial score (nSPS) is 15.4. The quantitative estimate of drug-likeness (QED) is 0.499. The second-order valence-electron chi connectivity index (χ2n) is 6.57. The van der Waals surface area contributed by atoms with Gasteiger partial charge < -0.3 is 5.32 Å². The number of aromatic nitrogens is 4. The highest BCUT2D eigenvalue weighted by Crippen LogP contribution is 2.23. The van der Waals surface area contributed by atoms with Crippen molar-refractivity contribution in [3.05, 3.63) is 54.9 Å². The number of sulfonamides is 2. The number of nitrogens with one attached hydrogen (secondary N) is 2. The Morgan fingerprint density at radius 3 is 2.52 bits per heavy atom. The van der Waals surface area contributed by atoms with Crippen molar-refractivity contribution >= 4 is 31.6 Å². The number of tetrazole rings is 1. The SMILES string of the molecule is O=C1CN(S(=O)(=O)c2cccc(NS(=O)(=O)c3cccc(-n4cnnn4)c3)c2)CCN1. The fourth-order valence-electron chi connectivity index (χ4n) is 2.98. The van der Waals surface area contributed by atoms with E-state index in [4.69, 9.17) is 0 Å². The molecule has 0 saturated carbocycles. The first-order valence-corrected chi connectivity index (χ1v) is 11.9. The Bertz CT molecular complexity index is 1320. The molecule has 1 amide bonds. The van der Waals surface area contributed by atoms with Gasteiger partial charge in [0.1, 0.15) is 6.33 Å². The van der Waals surface area contributed by atoms with Crippen LogP contribution in [0.4, 0.5) is 5.69 Å². The first-order valence-electron chi connectivity index (χ1n) is 8.99. The monoisotopic (exact) mass is 463 g/mol. The van der Waals surface area contributed by atoms with E-state index in [9.17, 15) is 21.6 Å². The molecule has 3 aromatic rings. The molecule has 1 aliphatic heterocycles. The number of hydrogen-bond donors (Lipinski definition) is 2. The summed E-state index contributed by atoms with van der Waals surface area (Å²) in [4.78, 5) is 11.4. The molecule has 0 atom stereocenters. The topological polar surface area (TPSA) is 156 Å². The van der Waals surface area contributed by atoms with Crippen LogP contribution in [-0.2, 0) is 24.8 Å². The summed E-state index contributed by atoms with van der Waals surface area (Å²) in [7, 11) is -7.99. The van der Waals surface area contributed by atoms with E-state index in [1.165, 1.54) is 53.5 Å². The lowest BCUT2D eigenvalue weighted by Crippen LogP contribution is -2.49. The molecule has 0 unspecified atom stereocenters. The summed E-state index contributed by atoms with van der Waals surface area (Å²) in [5, 5.41) is 13.3. The van der Waals surface area contributed by atoms with Crippen molar-refractivity contribution in [3.63, 3.8) is 0 Å². The maximum absolute atomic E-state index is 12.8. The highest BCUT2D eigenvalue weighted by atomic mass is 32.2. The zero-order valence-corrected chi connectivity index (χ0v) is 17.5. The van der Waals surface area contributed by atoms with E-state index in [1.54, 1.807) is 6.07 Å². The summed E-state index contributed by atoms with van der Waals surface area (Å²) in [5.41, 5.74) is 0.503. The van der Waals surface area contributed by atoms with Crippen LogP contribution in [0.25, 0.3) is 5.69 Å². The molecule has 2 N–H and O–H groups in total. The lowest BCUT2D eigenvalue weighted by atomic mass is 10.3. The maximum atomic E-state index is 12.8. The minimum atomic E-state index is -4.03. The fraction of sp³-hybridized carbons (Fsp3) is 0.176. The third kappa shape index (κ3) is 4.40. The molecule has 1 aliphatic rings. The summed E-state index contributed by atoms with van der Waals surface area (Å²) in [6, 6.07) is 11.4. The van der Waals surface area contributed by atoms with Gasteiger partial charge in [0.25, 0.3) is 10.0 Å². The maximum Gasteiger partial charge on any atom is 0.261 e. The molecule has 4 rings (SSSR count). The molecule has 2 aromatic carbocycles. The van der Waals surface area contributed by atoms with Crippen LogP contribution in [0.3, 0.4) is 0 Å². The molecule has 14 heteroatoms. The van der Waals surface area contributed by atoms with Gasteiger partial charge in [0.05, 0.1) is 27.7 Å². The average Bonchev–Trinajstić information content (AvgIpc) is 3.29. The largest absolute Gasteiger partial charge is 0.354 e. The second kappa shape index (κ2) is 8.05. The summed E-state index contributed by atoms with van der Waals surface area (Å²) in [6.45, 7) is 0.0538. The minimum absolute atomic E-state index is 0.0542. The molecule has 0 bridgehead atoms. The zero-order chi connectivity index (χ0) is 22.1. The van der Waals surface area contributed by atoms with Crippen LogP contribution in [-0.4, -0.2) is 66.9 Å². The molecule has 0 radical (unpaired) electrons. The zero-order valence-electron chi connectivity index (χ0n) is 15.9. The summed E-state index contributed by atoms with van der Waals surface area (Å²) >= 11 is 0. The van der Waals surface area contributed by atoms with Gasteiger partial charge in [-0.1, -0.05) is 12.1 Å². The second-order valence-corrected chi connectivity index (χ2v) is 10.2. The Morgan fingerprint density at radius 1 is 1.00 bits per heavy atom. The van der Waals surface area contributed by atoms with Gasteiger partial charge in [-0.2, -0.15) is 4.31 Å². The number of piperazine rings is 1. The number of amides is 1. The molecule has 1 fully saturated rings. The fourth-order valence-corrected chi connectivity index (χ4v) is 5.51. The summed E-state index contributed by atoms with van der Waals surface area (Å²) in [6.07, 6.45) is 1.33. The number of carbonyl (C=O) groups excluding carboxylic acids is 1. The van der Waals surface area contributed by atoms with E-state index in [0.29, 0.717) is 5.69 Å². The van der Waals surface area contributed by atoms with Crippen molar-refractivity contribution in [2.24, 2.45) is 0 Å². The van der Waals surface area contributed by atoms with Crippen molar-refractivity contribution in [2.45, 2.75) is 9.79 Å². The van der Waals surface area contributed by atoms with Crippen LogP contribution in [0.5, 0.6) is 0 Å². The molecular weight excluding hydrogens is 446 g/mol. The predicted octanol–water partition coefficient (Wildman–Crippen LogP) is -0.416. The van der Waals surface area contributed by atoms with Gasteiger partial charge in [0, 0.05) is 13.1 Å². The molecular formula is C17H17N7O5S2. The van der Waals surface area contributed by atoms with Crippen molar-refractivity contribution in [3.8, 4) is 5.69 Å². The van der Waals surface area contributed by atoms with Gasteiger partial charge in [-0.05, 0) is 46.8 Å². The van der Waals surface area contributed by atoms with Gasteiger partial charge in [0.15, 0.2) is 0 Å². The minimum Gasteiger partial charge on any atom is -0.354 e. The molecule has 162 valence electrons. The lowest BCUT2D eigenvalue weighted by molar-refractivity contribution is -0.122. The van der Waals surface area contributed by atoms with E-state index in [1.807, 2.05) is 0 Å². The summed E-state index contributed by atoms with van der Waals surface area (Å²) in [5.74, 6) is -0.394. The Hall–Kier alpha value is -3.36. The van der Waals surface area contributed by atoms with E-state index >= 15 is 0 Å². The van der Waals surface area contributed by atoms with E-state index in [0.717, 1.165) is 4.31 Å². The molecule has 2 heterocycles. The number of hydrogen-bond acceptors (Lipinski definition) is 8. The molecule has 31 heavy (non-hydrogen) atoms. The summed E-state index contributed by atoms with van der Waals surface area (Å²) < 4.78 is 56.1.